The Balaban J connectivity index is 0.000000311. The van der Waals surface area contributed by atoms with Gasteiger partial charge in [-0.25, -0.2) is 9.59 Å². The molecule has 0 atom stereocenters. The second kappa shape index (κ2) is 23.3. The Hall–Kier alpha value is -7.24. The Labute approximate surface area is 315 Å². The molecule has 0 radical (unpaired) electrons. The van der Waals surface area contributed by atoms with Crippen molar-refractivity contribution in [2.75, 3.05) is 43.2 Å². The molecule has 1 fully saturated rings. The van der Waals surface area contributed by atoms with E-state index in [2.05, 4.69) is 26.9 Å². The van der Waals surface area contributed by atoms with Crippen molar-refractivity contribution in [1.82, 2.24) is 0 Å². The third-order valence-corrected chi connectivity index (χ3v) is 6.45. The lowest BCUT2D eigenvalue weighted by Gasteiger charge is -2.12. The van der Waals surface area contributed by atoms with Crippen LogP contribution in [0, 0.1) is 0 Å². The number of nitrogens with zero attached hydrogens (tertiary/aromatic N) is 2. The summed E-state index contributed by atoms with van der Waals surface area (Å²) in [5.41, 5.74) is 12.0. The Bertz CT molecular complexity index is 1940. The Morgan fingerprint density at radius 3 is 1.69 bits per heavy atom. The maximum atomic E-state index is 12.4. The summed E-state index contributed by atoms with van der Waals surface area (Å²) in [7, 11) is 0. The zero-order valence-electron chi connectivity index (χ0n) is 29.6. The van der Waals surface area contributed by atoms with E-state index >= 15 is 0 Å². The number of carbonyl (C=O) groups excluding carboxylic acids is 2. The summed E-state index contributed by atoms with van der Waals surface area (Å²) in [5, 5.41) is 54.6. The molecule has 4 aromatic rings. The van der Waals surface area contributed by atoms with Crippen LogP contribution < -0.4 is 26.3 Å². The smallest absolute Gasteiger partial charge is 0.337 e. The number of benzene rings is 4. The van der Waals surface area contributed by atoms with E-state index in [4.69, 9.17) is 41.4 Å². The van der Waals surface area contributed by atoms with Gasteiger partial charge in [-0.3, -0.25) is 9.59 Å². The fourth-order valence-electron chi connectivity index (χ4n) is 3.85. The zero-order chi connectivity index (χ0) is 40.8. The molecule has 1 aliphatic heterocycles. The maximum absolute atomic E-state index is 12.4. The number of esters is 1. The number of para-hydroxylation sites is 1. The van der Waals surface area contributed by atoms with Gasteiger partial charge < -0.3 is 56.5 Å². The summed E-state index contributed by atoms with van der Waals surface area (Å²) in [6, 6.07) is 25.7. The van der Waals surface area contributed by atoms with Crippen molar-refractivity contribution >= 4 is 46.6 Å². The third kappa shape index (κ3) is 16.3. The number of hydrogen-bond acceptors (Lipinski definition) is 14. The number of aliphatic hydroxyl groups is 3. The standard InChI is InChI=1S/C19H19N3O6.C8H11NO2.C7H7NO2.C4H4O2/c1-12(24)17(22-21-16-5-3-2-4-15(16)19(26)27)18(25)20-13-6-8-14(9-7-13)28-11-10-23;9-7-1-3-8(4-2-7)11-6-5-10;8-6-4-2-1-3-5(6)7(9)10;1-3-2-4(5)6-3/h2-9,23-24H,10-11H2,1H3,(H,20,25)(H,26,27);1-4,10H,5-6,9H2;1-4H,8H2,(H,9,10);1-2H2. The summed E-state index contributed by atoms with van der Waals surface area (Å²) >= 11 is 0. The lowest BCUT2D eigenvalue weighted by atomic mass is 10.2. The van der Waals surface area contributed by atoms with E-state index in [1.807, 2.05) is 0 Å². The van der Waals surface area contributed by atoms with Crippen molar-refractivity contribution in [3.05, 3.63) is 132 Å². The number of carbonyl (C=O) groups is 4. The van der Waals surface area contributed by atoms with Gasteiger partial charge in [0.05, 0.1) is 24.3 Å². The molecule has 10 N–H and O–H groups in total. The van der Waals surface area contributed by atoms with Crippen molar-refractivity contribution in [3.63, 3.8) is 0 Å². The second-order valence-electron chi connectivity index (χ2n) is 10.7. The zero-order valence-corrected chi connectivity index (χ0v) is 29.6. The number of nitrogens with two attached hydrogens (primary N) is 2. The maximum Gasteiger partial charge on any atom is 0.337 e. The van der Waals surface area contributed by atoms with Gasteiger partial charge in [0.1, 0.15) is 48.3 Å². The van der Waals surface area contributed by atoms with Crippen LogP contribution in [0.3, 0.4) is 0 Å². The van der Waals surface area contributed by atoms with Gasteiger partial charge in [0, 0.05) is 17.1 Å². The first-order chi connectivity index (χ1) is 26.2. The topological polar surface area (TPSA) is 286 Å². The molecule has 0 saturated carbocycles. The predicted octanol–water partition coefficient (Wildman–Crippen LogP) is 5.32. The molecule has 1 saturated heterocycles. The first-order valence-corrected chi connectivity index (χ1v) is 16.1. The van der Waals surface area contributed by atoms with Crippen LogP contribution in [-0.2, 0) is 14.3 Å². The molecule has 0 bridgehead atoms. The lowest BCUT2D eigenvalue weighted by Crippen LogP contribution is -2.15. The van der Waals surface area contributed by atoms with Gasteiger partial charge in [-0.1, -0.05) is 30.8 Å². The van der Waals surface area contributed by atoms with Crippen molar-refractivity contribution in [2.45, 2.75) is 13.3 Å². The molecule has 17 nitrogen and oxygen atoms in total. The number of aliphatic hydroxyl groups excluding tert-OH is 3. The van der Waals surface area contributed by atoms with Crippen molar-refractivity contribution in [3.8, 4) is 11.5 Å². The molecule has 4 aromatic carbocycles. The quantitative estimate of drug-likeness (QED) is 0.0298. The van der Waals surface area contributed by atoms with E-state index in [0.29, 0.717) is 41.6 Å². The largest absolute Gasteiger partial charge is 0.510 e. The van der Waals surface area contributed by atoms with E-state index in [-0.39, 0.29) is 54.1 Å². The van der Waals surface area contributed by atoms with Crippen LogP contribution >= 0.6 is 0 Å². The van der Waals surface area contributed by atoms with Gasteiger partial charge in [-0.2, -0.15) is 0 Å². The predicted molar refractivity (Wildman–Crippen MR) is 202 cm³/mol. The van der Waals surface area contributed by atoms with E-state index < -0.39 is 17.8 Å². The number of ether oxygens (including phenoxy) is 3. The summed E-state index contributed by atoms with van der Waals surface area (Å²) < 4.78 is 14.6. The molecule has 5 rings (SSSR count). The molecule has 1 amide bonds. The number of carboxylic acid groups (broad SMARTS) is 2. The minimum Gasteiger partial charge on any atom is -0.510 e. The number of cyclic esters (lactones) is 1. The van der Waals surface area contributed by atoms with Gasteiger partial charge in [0.2, 0.25) is 0 Å². The highest BCUT2D eigenvalue weighted by Gasteiger charge is 2.18. The van der Waals surface area contributed by atoms with Gasteiger partial charge in [0.15, 0.2) is 5.70 Å². The Morgan fingerprint density at radius 1 is 0.782 bits per heavy atom. The van der Waals surface area contributed by atoms with E-state index in [1.165, 1.54) is 31.2 Å². The normalized spacial score (nSPS) is 11.7. The molecule has 0 spiro atoms. The molecule has 1 heterocycles. The third-order valence-electron chi connectivity index (χ3n) is 6.45. The van der Waals surface area contributed by atoms with E-state index in [1.54, 1.807) is 72.8 Å². The highest BCUT2D eigenvalue weighted by molar-refractivity contribution is 6.03. The van der Waals surface area contributed by atoms with Gasteiger partial charge in [-0.05, 0) is 79.7 Å². The van der Waals surface area contributed by atoms with E-state index in [0.717, 1.165) is 5.75 Å². The summed E-state index contributed by atoms with van der Waals surface area (Å²) in [6.07, 6.45) is 0.417. The molecule has 55 heavy (non-hydrogen) atoms. The Morgan fingerprint density at radius 2 is 1.27 bits per heavy atom. The molecule has 0 unspecified atom stereocenters. The minimum absolute atomic E-state index is 0.0321. The fraction of sp³-hybridized carbons (Fsp3) is 0.158. The highest BCUT2D eigenvalue weighted by atomic mass is 16.6. The fourth-order valence-corrected chi connectivity index (χ4v) is 3.85. The number of nitrogens with one attached hydrogen (secondary N) is 1. The average molecular weight is 760 g/mol. The van der Waals surface area contributed by atoms with Gasteiger partial charge in [-0.15, -0.1) is 10.2 Å². The number of anilines is 3. The van der Waals surface area contributed by atoms with Gasteiger partial charge in [0.25, 0.3) is 5.91 Å². The minimum atomic E-state index is -1.19. The van der Waals surface area contributed by atoms with Crippen LogP contribution in [0.4, 0.5) is 22.7 Å². The number of rotatable bonds is 12. The number of nitrogen functional groups attached to an aromatic ring is 2. The molecule has 0 aromatic heterocycles. The number of carboxylic acids is 2. The average Bonchev–Trinajstić information content (AvgIpc) is 3.15. The molecule has 17 heteroatoms. The summed E-state index contributed by atoms with van der Waals surface area (Å²) in [4.78, 5) is 43.8. The van der Waals surface area contributed by atoms with Crippen molar-refractivity contribution in [1.29, 1.82) is 0 Å². The number of aromatic carboxylic acids is 2. The van der Waals surface area contributed by atoms with Crippen LogP contribution in [0.25, 0.3) is 0 Å². The Kier molecular flexibility index (Phi) is 18.6. The number of hydrogen-bond donors (Lipinski definition) is 8. The van der Waals surface area contributed by atoms with Crippen LogP contribution in [0.2, 0.25) is 0 Å². The summed E-state index contributed by atoms with van der Waals surface area (Å²) in [6.45, 7) is 5.03. The summed E-state index contributed by atoms with van der Waals surface area (Å²) in [5.74, 6) is -1.61. The molecule has 1 aliphatic rings. The van der Waals surface area contributed by atoms with Crippen molar-refractivity contribution in [2.24, 2.45) is 10.2 Å². The lowest BCUT2D eigenvalue weighted by molar-refractivity contribution is -0.148. The molecular weight excluding hydrogens is 718 g/mol. The number of azo groups is 1. The molecular formula is C38H41N5O12. The highest BCUT2D eigenvalue weighted by Crippen LogP contribution is 2.22. The van der Waals surface area contributed by atoms with Gasteiger partial charge >= 0.3 is 17.9 Å². The van der Waals surface area contributed by atoms with Crippen molar-refractivity contribution < 1.29 is 58.9 Å². The first-order valence-electron chi connectivity index (χ1n) is 16.1. The second-order valence-corrected chi connectivity index (χ2v) is 10.7. The molecule has 0 aliphatic carbocycles. The monoisotopic (exact) mass is 759 g/mol. The van der Waals surface area contributed by atoms with E-state index in [9.17, 15) is 24.3 Å². The van der Waals surface area contributed by atoms with Crippen LogP contribution in [0.15, 0.2) is 131 Å². The van der Waals surface area contributed by atoms with Crippen LogP contribution in [0.5, 0.6) is 11.5 Å². The number of allylic oxidation sites excluding steroid dienone is 1. The molecule has 290 valence electrons. The van der Waals surface area contributed by atoms with Crippen LogP contribution in [0.1, 0.15) is 34.1 Å². The first kappa shape index (κ1) is 43.9. The SMILES string of the molecule is C=C1CC(=O)O1.CC(O)=C(N=Nc1ccccc1C(=O)O)C(=O)Nc1ccc(OCCO)cc1.Nc1ccc(OCCO)cc1.Nc1ccccc1C(=O)O. The van der Waals surface area contributed by atoms with Crippen LogP contribution in [-0.4, -0.2) is 75.8 Å². The number of amides is 1.